The molecule has 1 heterocycles. The van der Waals surface area contributed by atoms with E-state index in [1.54, 1.807) is 12.1 Å². The highest BCUT2D eigenvalue weighted by Gasteiger charge is 2.14. The highest BCUT2D eigenvalue weighted by Crippen LogP contribution is 2.12. The molecule has 0 saturated carbocycles. The lowest BCUT2D eigenvalue weighted by Crippen LogP contribution is -2.36. The Bertz CT molecular complexity index is 970. The van der Waals surface area contributed by atoms with Gasteiger partial charge in [-0.3, -0.25) is 9.59 Å². The van der Waals surface area contributed by atoms with Crippen LogP contribution in [0, 0.1) is 0 Å². The molecule has 0 aliphatic rings. The molecule has 1 amide bonds. The number of benzene rings is 2. The topological polar surface area (TPSA) is 64.0 Å². The van der Waals surface area contributed by atoms with E-state index in [9.17, 15) is 9.59 Å². The second-order valence-electron chi connectivity index (χ2n) is 6.01. The van der Waals surface area contributed by atoms with Crippen molar-refractivity contribution in [2.75, 3.05) is 0 Å². The molecule has 0 bridgehead atoms. The van der Waals surface area contributed by atoms with E-state index in [4.69, 9.17) is 11.6 Å². The number of hydrogen-bond donors (Lipinski definition) is 1. The molecule has 0 unspecified atom stereocenters. The van der Waals surface area contributed by atoms with Crippen LogP contribution in [-0.2, 0) is 6.42 Å². The van der Waals surface area contributed by atoms with Crippen molar-refractivity contribution in [3.8, 4) is 5.69 Å². The average Bonchev–Trinajstić information content (AvgIpc) is 2.62. The van der Waals surface area contributed by atoms with E-state index in [0.717, 1.165) is 5.56 Å². The number of rotatable bonds is 5. The number of carbonyl (C=O) groups excluding carboxylic acids is 1. The first-order valence-corrected chi connectivity index (χ1v) is 8.62. The Morgan fingerprint density at radius 2 is 1.88 bits per heavy atom. The van der Waals surface area contributed by atoms with Crippen LogP contribution in [0.25, 0.3) is 5.69 Å². The SMILES string of the molecule is C[C@@H](Cc1cccc(Cl)c1)NC(=O)c1ccc(=O)n(-c2ccccc2)n1. The van der Waals surface area contributed by atoms with Gasteiger partial charge in [0.25, 0.3) is 11.5 Å². The minimum Gasteiger partial charge on any atom is -0.348 e. The van der Waals surface area contributed by atoms with Gasteiger partial charge in [0.05, 0.1) is 5.69 Å². The molecule has 0 spiro atoms. The van der Waals surface area contributed by atoms with Crippen molar-refractivity contribution in [2.24, 2.45) is 0 Å². The van der Waals surface area contributed by atoms with Gasteiger partial charge in [0.15, 0.2) is 0 Å². The molecule has 26 heavy (non-hydrogen) atoms. The van der Waals surface area contributed by atoms with Crippen LogP contribution >= 0.6 is 11.6 Å². The minimum absolute atomic E-state index is 0.111. The quantitative estimate of drug-likeness (QED) is 0.752. The standard InChI is InChI=1S/C20H18ClN3O2/c1-14(12-15-6-5-7-16(21)13-15)22-20(26)18-10-11-19(25)24(23-18)17-8-3-2-4-9-17/h2-11,13-14H,12H2,1H3,(H,22,26)/t14-/m0/s1. The van der Waals surface area contributed by atoms with Crippen LogP contribution in [0.2, 0.25) is 5.02 Å². The Morgan fingerprint density at radius 1 is 1.12 bits per heavy atom. The summed E-state index contributed by atoms with van der Waals surface area (Å²) in [6.07, 6.45) is 0.643. The molecular formula is C20H18ClN3O2. The highest BCUT2D eigenvalue weighted by molar-refractivity contribution is 6.30. The van der Waals surface area contributed by atoms with Crippen molar-refractivity contribution in [2.45, 2.75) is 19.4 Å². The number of nitrogens with one attached hydrogen (secondary N) is 1. The fraction of sp³-hybridized carbons (Fsp3) is 0.150. The molecule has 5 nitrogen and oxygen atoms in total. The van der Waals surface area contributed by atoms with Crippen molar-refractivity contribution in [1.82, 2.24) is 15.1 Å². The zero-order valence-corrected chi connectivity index (χ0v) is 15.0. The Kier molecular flexibility index (Phi) is 5.49. The maximum Gasteiger partial charge on any atom is 0.271 e. The third-order valence-corrected chi connectivity index (χ3v) is 4.08. The number of carbonyl (C=O) groups is 1. The first kappa shape index (κ1) is 17.9. The van der Waals surface area contributed by atoms with E-state index in [0.29, 0.717) is 17.1 Å². The number of nitrogens with zero attached hydrogens (tertiary/aromatic N) is 2. The summed E-state index contributed by atoms with van der Waals surface area (Å²) in [7, 11) is 0. The molecular weight excluding hydrogens is 350 g/mol. The maximum atomic E-state index is 12.5. The van der Waals surface area contributed by atoms with E-state index in [1.165, 1.54) is 16.8 Å². The summed E-state index contributed by atoms with van der Waals surface area (Å²) in [6.45, 7) is 1.91. The van der Waals surface area contributed by atoms with Crippen molar-refractivity contribution >= 4 is 17.5 Å². The summed E-state index contributed by atoms with van der Waals surface area (Å²) in [5, 5.41) is 7.75. The largest absolute Gasteiger partial charge is 0.348 e. The van der Waals surface area contributed by atoms with Crippen molar-refractivity contribution < 1.29 is 4.79 Å². The summed E-state index contributed by atoms with van der Waals surface area (Å²) >= 11 is 5.99. The minimum atomic E-state index is -0.329. The van der Waals surface area contributed by atoms with E-state index in [1.807, 2.05) is 49.4 Å². The molecule has 1 aromatic heterocycles. The fourth-order valence-electron chi connectivity index (χ4n) is 2.65. The lowest BCUT2D eigenvalue weighted by Gasteiger charge is -2.14. The Hall–Kier alpha value is -2.92. The average molecular weight is 368 g/mol. The summed E-state index contributed by atoms with van der Waals surface area (Å²) in [6, 6.07) is 19.2. The number of aromatic nitrogens is 2. The first-order valence-electron chi connectivity index (χ1n) is 8.24. The summed E-state index contributed by atoms with van der Waals surface area (Å²) in [5.41, 5.74) is 1.54. The number of amides is 1. The molecule has 6 heteroatoms. The Labute approximate surface area is 156 Å². The third kappa shape index (κ3) is 4.37. The third-order valence-electron chi connectivity index (χ3n) is 3.84. The number of hydrogen-bond acceptors (Lipinski definition) is 3. The van der Waals surface area contributed by atoms with E-state index in [-0.39, 0.29) is 23.2 Å². The van der Waals surface area contributed by atoms with Crippen LogP contribution in [0.3, 0.4) is 0 Å². The molecule has 3 aromatic rings. The van der Waals surface area contributed by atoms with Gasteiger partial charge in [-0.1, -0.05) is 41.9 Å². The van der Waals surface area contributed by atoms with Crippen LogP contribution < -0.4 is 10.9 Å². The predicted molar refractivity (Wildman–Crippen MR) is 102 cm³/mol. The Balaban J connectivity index is 1.75. The second-order valence-corrected chi connectivity index (χ2v) is 6.45. The second kappa shape index (κ2) is 7.97. The summed E-state index contributed by atoms with van der Waals surface area (Å²) in [4.78, 5) is 24.5. The van der Waals surface area contributed by atoms with Gasteiger partial charge in [-0.05, 0) is 49.2 Å². The van der Waals surface area contributed by atoms with Crippen LogP contribution in [0.15, 0.2) is 71.5 Å². The molecule has 3 rings (SSSR count). The maximum absolute atomic E-state index is 12.5. The van der Waals surface area contributed by atoms with Crippen LogP contribution in [0.5, 0.6) is 0 Å². The van der Waals surface area contributed by atoms with E-state index < -0.39 is 0 Å². The van der Waals surface area contributed by atoms with Crippen molar-refractivity contribution in [1.29, 1.82) is 0 Å². The smallest absolute Gasteiger partial charge is 0.271 e. The van der Waals surface area contributed by atoms with Gasteiger partial charge in [0.1, 0.15) is 5.69 Å². The number of halogens is 1. The van der Waals surface area contributed by atoms with Crippen molar-refractivity contribution in [3.05, 3.63) is 93.4 Å². The molecule has 1 N–H and O–H groups in total. The first-order chi connectivity index (χ1) is 12.5. The lowest BCUT2D eigenvalue weighted by molar-refractivity contribution is 0.0933. The Morgan fingerprint density at radius 3 is 2.62 bits per heavy atom. The molecule has 1 atom stereocenters. The van der Waals surface area contributed by atoms with E-state index in [2.05, 4.69) is 10.4 Å². The molecule has 0 aliphatic heterocycles. The van der Waals surface area contributed by atoms with Crippen LogP contribution in [-0.4, -0.2) is 21.7 Å². The zero-order chi connectivity index (χ0) is 18.5. The highest BCUT2D eigenvalue weighted by atomic mass is 35.5. The van der Waals surface area contributed by atoms with Gasteiger partial charge >= 0.3 is 0 Å². The molecule has 0 radical (unpaired) electrons. The van der Waals surface area contributed by atoms with Crippen LogP contribution in [0.1, 0.15) is 23.0 Å². The molecule has 2 aromatic carbocycles. The summed E-state index contributed by atoms with van der Waals surface area (Å²) in [5.74, 6) is -0.329. The van der Waals surface area contributed by atoms with Gasteiger partial charge in [0.2, 0.25) is 0 Å². The van der Waals surface area contributed by atoms with Gasteiger partial charge in [-0.25, -0.2) is 0 Å². The van der Waals surface area contributed by atoms with Gasteiger partial charge < -0.3 is 5.32 Å². The van der Waals surface area contributed by atoms with Gasteiger partial charge in [0, 0.05) is 17.1 Å². The van der Waals surface area contributed by atoms with E-state index >= 15 is 0 Å². The fourth-order valence-corrected chi connectivity index (χ4v) is 2.87. The van der Waals surface area contributed by atoms with Crippen LogP contribution in [0.4, 0.5) is 0 Å². The molecule has 0 fully saturated rings. The predicted octanol–water partition coefficient (Wildman–Crippen LogP) is 3.25. The monoisotopic (exact) mass is 367 g/mol. The molecule has 0 saturated heterocycles. The number of para-hydroxylation sites is 1. The van der Waals surface area contributed by atoms with Gasteiger partial charge in [-0.2, -0.15) is 9.78 Å². The lowest BCUT2D eigenvalue weighted by atomic mass is 10.1. The zero-order valence-electron chi connectivity index (χ0n) is 14.2. The normalized spacial score (nSPS) is 11.8. The molecule has 0 aliphatic carbocycles. The molecule has 132 valence electrons. The summed E-state index contributed by atoms with van der Waals surface area (Å²) < 4.78 is 1.22. The van der Waals surface area contributed by atoms with Crippen molar-refractivity contribution in [3.63, 3.8) is 0 Å². The van der Waals surface area contributed by atoms with Gasteiger partial charge in [-0.15, -0.1) is 0 Å².